The Morgan fingerprint density at radius 1 is 0.938 bits per heavy atom. The lowest BCUT2D eigenvalue weighted by Gasteiger charge is -2.45. The van der Waals surface area contributed by atoms with E-state index in [2.05, 4.69) is 10.6 Å². The van der Waals surface area contributed by atoms with E-state index in [9.17, 15) is 9.59 Å². The van der Waals surface area contributed by atoms with Gasteiger partial charge in [0.05, 0.1) is 31.2 Å². The number of benzene rings is 3. The molecule has 0 aliphatic carbocycles. The van der Waals surface area contributed by atoms with Crippen molar-refractivity contribution < 1.29 is 19.1 Å². The molecule has 0 aromatic heterocycles. The van der Waals surface area contributed by atoms with E-state index in [1.807, 2.05) is 38.1 Å². The summed E-state index contributed by atoms with van der Waals surface area (Å²) in [7, 11) is 3.09. The Bertz CT molecular complexity index is 1290. The van der Waals surface area contributed by atoms with Gasteiger partial charge in [-0.25, -0.2) is 0 Å². The molecule has 0 saturated carbocycles. The summed E-state index contributed by atoms with van der Waals surface area (Å²) in [5.74, 6) is 0.371. The van der Waals surface area contributed by atoms with Crippen LogP contribution in [-0.2, 0) is 10.5 Å². The first-order valence-electron chi connectivity index (χ1n) is 10.3. The van der Waals surface area contributed by atoms with Crippen LogP contribution in [0.5, 0.6) is 11.5 Å². The van der Waals surface area contributed by atoms with Crippen molar-refractivity contribution in [2.45, 2.75) is 19.5 Å². The van der Waals surface area contributed by atoms with Gasteiger partial charge in [-0.15, -0.1) is 0 Å². The molecule has 2 aliphatic rings. The zero-order chi connectivity index (χ0) is 22.6. The van der Waals surface area contributed by atoms with Crippen molar-refractivity contribution in [3.05, 3.63) is 76.9 Å². The number of amides is 2. The fourth-order valence-electron chi connectivity index (χ4n) is 4.65. The van der Waals surface area contributed by atoms with E-state index in [-0.39, 0.29) is 11.8 Å². The largest absolute Gasteiger partial charge is 0.497 e. The normalized spacial score (nSPS) is 18.7. The van der Waals surface area contributed by atoms with Gasteiger partial charge in [-0.2, -0.15) is 0 Å². The highest BCUT2D eigenvalue weighted by atomic mass is 16.5. The molecule has 7 heteroatoms. The molecule has 3 aromatic carbocycles. The molecule has 2 N–H and O–H groups in total. The summed E-state index contributed by atoms with van der Waals surface area (Å²) in [6.07, 6.45) is 0. The summed E-state index contributed by atoms with van der Waals surface area (Å²) in [6, 6.07) is 16.3. The summed E-state index contributed by atoms with van der Waals surface area (Å²) in [4.78, 5) is 29.1. The second kappa shape index (κ2) is 7.02. The molecule has 0 radical (unpaired) electrons. The number of anilines is 3. The lowest BCUT2D eigenvalue weighted by molar-refractivity contribution is -0.119. The molecule has 2 heterocycles. The number of nitrogens with one attached hydrogen (secondary N) is 2. The van der Waals surface area contributed by atoms with Crippen LogP contribution in [0.2, 0.25) is 0 Å². The predicted molar refractivity (Wildman–Crippen MR) is 123 cm³/mol. The van der Waals surface area contributed by atoms with Crippen LogP contribution in [0.15, 0.2) is 54.6 Å². The van der Waals surface area contributed by atoms with Crippen molar-refractivity contribution in [2.24, 2.45) is 0 Å². The Balaban J connectivity index is 1.84. The van der Waals surface area contributed by atoms with Crippen molar-refractivity contribution in [2.75, 3.05) is 29.8 Å². The highest BCUT2D eigenvalue weighted by Gasteiger charge is 2.58. The first-order valence-corrected chi connectivity index (χ1v) is 10.3. The predicted octanol–water partition coefficient (Wildman–Crippen LogP) is 4.20. The highest BCUT2D eigenvalue weighted by Crippen LogP contribution is 2.50. The van der Waals surface area contributed by atoms with Crippen molar-refractivity contribution in [3.63, 3.8) is 0 Å². The van der Waals surface area contributed by atoms with E-state index in [1.54, 1.807) is 37.4 Å². The maximum atomic E-state index is 13.9. The smallest absolute Gasteiger partial charge is 0.276 e. The van der Waals surface area contributed by atoms with Crippen LogP contribution >= 0.6 is 0 Å². The Hall–Kier alpha value is -4.00. The Morgan fingerprint density at radius 2 is 1.72 bits per heavy atom. The molecule has 1 spiro atoms. The van der Waals surface area contributed by atoms with Gasteiger partial charge in [-0.05, 0) is 49.7 Å². The Kier molecular flexibility index (Phi) is 4.37. The summed E-state index contributed by atoms with van der Waals surface area (Å²) in [5, 5.41) is 6.40. The topological polar surface area (TPSA) is 79.9 Å². The number of ether oxygens (including phenoxy) is 2. The van der Waals surface area contributed by atoms with E-state index in [0.29, 0.717) is 39.7 Å². The van der Waals surface area contributed by atoms with Crippen LogP contribution in [0.3, 0.4) is 0 Å². The SMILES string of the molecule is COc1ccc(N2C(=O)c3ccccc3N[C@]23C(=O)Nc2c(C)cc(C)cc23)c(OC)c1. The zero-order valence-electron chi connectivity index (χ0n) is 18.3. The van der Waals surface area contributed by atoms with E-state index >= 15 is 0 Å². The summed E-state index contributed by atoms with van der Waals surface area (Å²) < 4.78 is 10.9. The molecule has 7 nitrogen and oxygen atoms in total. The molecule has 1 atom stereocenters. The van der Waals surface area contributed by atoms with E-state index in [0.717, 1.165) is 11.1 Å². The summed E-state index contributed by atoms with van der Waals surface area (Å²) in [5.41, 5.74) is 3.39. The second-order valence-electron chi connectivity index (χ2n) is 8.02. The number of aryl methyl sites for hydroxylation is 2. The number of hydrogen-bond acceptors (Lipinski definition) is 5. The number of fused-ring (bicyclic) bond motifs is 3. The van der Waals surface area contributed by atoms with E-state index < -0.39 is 5.66 Å². The van der Waals surface area contributed by atoms with Crippen LogP contribution in [0.25, 0.3) is 0 Å². The van der Waals surface area contributed by atoms with Crippen LogP contribution in [0.1, 0.15) is 27.0 Å². The van der Waals surface area contributed by atoms with Gasteiger partial charge < -0.3 is 20.1 Å². The van der Waals surface area contributed by atoms with Gasteiger partial charge in [0, 0.05) is 17.3 Å². The van der Waals surface area contributed by atoms with Gasteiger partial charge in [-0.1, -0.05) is 23.8 Å². The average molecular weight is 429 g/mol. The van der Waals surface area contributed by atoms with Crippen LogP contribution < -0.4 is 25.0 Å². The van der Waals surface area contributed by atoms with Gasteiger partial charge in [0.15, 0.2) is 0 Å². The third kappa shape index (κ3) is 2.60. The van der Waals surface area contributed by atoms with Crippen LogP contribution in [-0.4, -0.2) is 26.0 Å². The molecule has 5 rings (SSSR count). The number of nitrogens with zero attached hydrogens (tertiary/aromatic N) is 1. The Labute approximate surface area is 185 Å². The number of methoxy groups -OCH3 is 2. The van der Waals surface area contributed by atoms with Gasteiger partial charge in [-0.3, -0.25) is 14.5 Å². The summed E-state index contributed by atoms with van der Waals surface area (Å²) in [6.45, 7) is 3.92. The third-order valence-corrected chi connectivity index (χ3v) is 6.08. The van der Waals surface area contributed by atoms with Gasteiger partial charge in [0.2, 0.25) is 5.66 Å². The lowest BCUT2D eigenvalue weighted by atomic mass is 9.90. The van der Waals surface area contributed by atoms with Crippen molar-refractivity contribution in [3.8, 4) is 11.5 Å². The van der Waals surface area contributed by atoms with Crippen LogP contribution in [0, 0.1) is 13.8 Å². The van der Waals surface area contributed by atoms with Gasteiger partial charge in [0.25, 0.3) is 11.8 Å². The molecular weight excluding hydrogens is 406 g/mol. The van der Waals surface area contributed by atoms with Gasteiger partial charge >= 0.3 is 0 Å². The lowest BCUT2D eigenvalue weighted by Crippen LogP contribution is -2.61. The quantitative estimate of drug-likeness (QED) is 0.652. The monoisotopic (exact) mass is 429 g/mol. The average Bonchev–Trinajstić information content (AvgIpc) is 3.06. The molecule has 0 unspecified atom stereocenters. The fraction of sp³-hybridized carbons (Fsp3) is 0.200. The molecule has 2 amide bonds. The van der Waals surface area contributed by atoms with Crippen molar-refractivity contribution >= 4 is 28.9 Å². The standard InChI is InChI=1S/C25H23N3O4/c1-14-11-15(2)22-18(12-14)25(24(30)26-22)27-19-8-6-5-7-17(19)23(29)28(25)20-10-9-16(31-3)13-21(20)32-4/h5-13,27H,1-4H3,(H,26,30)/t25-/m0/s1. The zero-order valence-corrected chi connectivity index (χ0v) is 18.3. The molecule has 2 aliphatic heterocycles. The maximum Gasteiger partial charge on any atom is 0.276 e. The van der Waals surface area contributed by atoms with E-state index in [1.165, 1.54) is 12.0 Å². The molecule has 3 aromatic rings. The molecule has 0 fully saturated rings. The first kappa shape index (κ1) is 19.9. The second-order valence-corrected chi connectivity index (χ2v) is 8.02. The first-order chi connectivity index (χ1) is 15.4. The van der Waals surface area contributed by atoms with Crippen molar-refractivity contribution in [1.29, 1.82) is 0 Å². The summed E-state index contributed by atoms with van der Waals surface area (Å²) >= 11 is 0. The number of hydrogen-bond donors (Lipinski definition) is 2. The minimum absolute atomic E-state index is 0.301. The number of para-hydroxylation sites is 1. The van der Waals surface area contributed by atoms with Crippen LogP contribution in [0.4, 0.5) is 17.1 Å². The number of carbonyl (C=O) groups excluding carboxylic acids is 2. The van der Waals surface area contributed by atoms with Crippen molar-refractivity contribution in [1.82, 2.24) is 0 Å². The van der Waals surface area contributed by atoms with E-state index in [4.69, 9.17) is 9.47 Å². The minimum Gasteiger partial charge on any atom is -0.497 e. The maximum absolute atomic E-state index is 13.9. The fourth-order valence-corrected chi connectivity index (χ4v) is 4.65. The molecular formula is C25H23N3O4. The third-order valence-electron chi connectivity index (χ3n) is 6.08. The highest BCUT2D eigenvalue weighted by molar-refractivity contribution is 6.22. The number of rotatable bonds is 3. The van der Waals surface area contributed by atoms with Gasteiger partial charge in [0.1, 0.15) is 11.5 Å². The molecule has 32 heavy (non-hydrogen) atoms. The Morgan fingerprint density at radius 3 is 2.47 bits per heavy atom. The molecule has 0 bridgehead atoms. The minimum atomic E-state index is -1.47. The molecule has 162 valence electrons. The molecule has 0 saturated heterocycles. The number of carbonyl (C=O) groups is 2.